The van der Waals surface area contributed by atoms with Gasteiger partial charge in [0.25, 0.3) is 5.91 Å². The highest BCUT2D eigenvalue weighted by Gasteiger charge is 2.69. The van der Waals surface area contributed by atoms with E-state index >= 15 is 0 Å². The van der Waals surface area contributed by atoms with Crippen LogP contribution < -0.4 is 16.4 Å². The van der Waals surface area contributed by atoms with E-state index in [2.05, 4.69) is 24.5 Å². The van der Waals surface area contributed by atoms with Crippen LogP contribution in [0.25, 0.3) is 0 Å². The van der Waals surface area contributed by atoms with Gasteiger partial charge in [-0.25, -0.2) is 4.79 Å². The molecule has 1 aliphatic heterocycles. The molecule has 3 rings (SSSR count). The lowest BCUT2D eigenvalue weighted by atomic mass is 9.83. The number of amides is 4. The number of nitrogens with one attached hydrogen (secondary N) is 2. The fourth-order valence-corrected chi connectivity index (χ4v) is 6.41. The Hall–Kier alpha value is -2.65. The molecule has 0 aromatic carbocycles. The Balaban J connectivity index is 1.86. The molecule has 214 valence electrons. The van der Waals surface area contributed by atoms with Crippen molar-refractivity contribution in [3.05, 3.63) is 0 Å². The van der Waals surface area contributed by atoms with Crippen LogP contribution in [0, 0.1) is 29.1 Å². The molecule has 2 aliphatic carbocycles. The highest BCUT2D eigenvalue weighted by atomic mass is 16.6. The van der Waals surface area contributed by atoms with Crippen LogP contribution in [-0.2, 0) is 23.9 Å². The zero-order valence-corrected chi connectivity index (χ0v) is 24.0. The number of nitrogens with zero attached hydrogens (tertiary/aromatic N) is 1. The number of nitrogens with two attached hydrogens (primary N) is 1. The molecule has 0 spiro atoms. The zero-order chi connectivity index (χ0) is 28.6. The van der Waals surface area contributed by atoms with Gasteiger partial charge in [0.1, 0.15) is 17.7 Å². The summed E-state index contributed by atoms with van der Waals surface area (Å²) in [6, 6.07) is -2.66. The van der Waals surface area contributed by atoms with Gasteiger partial charge in [-0.2, -0.15) is 0 Å². The van der Waals surface area contributed by atoms with Gasteiger partial charge in [-0.3, -0.25) is 19.2 Å². The molecule has 4 N–H and O–H groups in total. The van der Waals surface area contributed by atoms with E-state index in [-0.39, 0.29) is 41.4 Å². The lowest BCUT2D eigenvalue weighted by molar-refractivity contribution is -0.144. The number of rotatable bonds is 9. The SMILES string of the molecule is CC(C)CC(NC(=O)[C@@H]1C2C(CN1C(=O)[C@@H](NC(=O)OC(C)(C)C)C1CCCCC1)C2(C)C)C(=O)C(N)=O. The van der Waals surface area contributed by atoms with Crippen LogP contribution in [-0.4, -0.2) is 64.8 Å². The highest BCUT2D eigenvalue weighted by Crippen LogP contribution is 2.65. The Morgan fingerprint density at radius 2 is 1.63 bits per heavy atom. The second kappa shape index (κ2) is 11.2. The normalized spacial score (nSPS) is 26.2. The minimum Gasteiger partial charge on any atom is -0.444 e. The number of piperidine rings is 1. The molecule has 2 saturated carbocycles. The summed E-state index contributed by atoms with van der Waals surface area (Å²) in [5.41, 5.74) is 4.39. The lowest BCUT2D eigenvalue weighted by Gasteiger charge is -2.37. The summed E-state index contributed by atoms with van der Waals surface area (Å²) in [5, 5.41) is 5.58. The van der Waals surface area contributed by atoms with E-state index in [1.807, 2.05) is 13.8 Å². The van der Waals surface area contributed by atoms with Gasteiger partial charge >= 0.3 is 6.09 Å². The van der Waals surface area contributed by atoms with E-state index in [9.17, 15) is 24.0 Å². The van der Waals surface area contributed by atoms with Gasteiger partial charge in [0.2, 0.25) is 17.6 Å². The first-order chi connectivity index (χ1) is 17.5. The molecule has 3 unspecified atom stereocenters. The van der Waals surface area contributed by atoms with Crippen molar-refractivity contribution in [2.24, 2.45) is 34.8 Å². The van der Waals surface area contributed by atoms with Crippen LogP contribution in [0.5, 0.6) is 0 Å². The quantitative estimate of drug-likeness (QED) is 0.387. The third kappa shape index (κ3) is 6.67. The van der Waals surface area contributed by atoms with Crippen molar-refractivity contribution >= 4 is 29.6 Å². The second-order valence-electron chi connectivity index (χ2n) is 13.3. The number of fused-ring (bicyclic) bond motifs is 1. The van der Waals surface area contributed by atoms with Crippen molar-refractivity contribution in [3.63, 3.8) is 0 Å². The van der Waals surface area contributed by atoms with E-state index in [0.717, 1.165) is 32.1 Å². The number of primary amides is 1. The monoisotopic (exact) mass is 534 g/mol. The van der Waals surface area contributed by atoms with Crippen molar-refractivity contribution in [2.75, 3.05) is 6.54 Å². The van der Waals surface area contributed by atoms with E-state index in [1.54, 1.807) is 25.7 Å². The van der Waals surface area contributed by atoms with Gasteiger partial charge in [-0.1, -0.05) is 47.0 Å². The number of carbonyl (C=O) groups is 5. The molecule has 0 aromatic rings. The molecule has 1 heterocycles. The fraction of sp³-hybridized carbons (Fsp3) is 0.821. The summed E-state index contributed by atoms with van der Waals surface area (Å²) in [6.45, 7) is 13.6. The van der Waals surface area contributed by atoms with Gasteiger partial charge < -0.3 is 26.0 Å². The maximum atomic E-state index is 14.1. The largest absolute Gasteiger partial charge is 0.444 e. The minimum atomic E-state index is -1.10. The Morgan fingerprint density at radius 3 is 2.16 bits per heavy atom. The van der Waals surface area contributed by atoms with Gasteiger partial charge in [0.15, 0.2) is 0 Å². The van der Waals surface area contributed by atoms with Crippen LogP contribution in [0.4, 0.5) is 4.79 Å². The third-order valence-electron chi connectivity index (χ3n) is 8.40. The van der Waals surface area contributed by atoms with Crippen LogP contribution in [0.3, 0.4) is 0 Å². The van der Waals surface area contributed by atoms with Gasteiger partial charge in [-0.05, 0) is 69.1 Å². The Bertz CT molecular complexity index is 949. The highest BCUT2D eigenvalue weighted by molar-refractivity contribution is 6.37. The number of Topliss-reactive ketones (excluding diaryl/α,β-unsaturated/α-hetero) is 1. The van der Waals surface area contributed by atoms with E-state index in [0.29, 0.717) is 6.54 Å². The molecular formula is C28H46N4O6. The van der Waals surface area contributed by atoms with Crippen LogP contribution in [0.15, 0.2) is 0 Å². The first-order valence-electron chi connectivity index (χ1n) is 14.0. The van der Waals surface area contributed by atoms with Crippen molar-refractivity contribution in [1.29, 1.82) is 0 Å². The Kier molecular flexibility index (Phi) is 8.83. The molecule has 38 heavy (non-hydrogen) atoms. The molecule has 10 nitrogen and oxygen atoms in total. The number of ketones is 1. The van der Waals surface area contributed by atoms with Crippen molar-refractivity contribution in [1.82, 2.24) is 15.5 Å². The minimum absolute atomic E-state index is 0.0312. The standard InChI is InChI=1S/C28H46N4O6/c1-15(2)13-18(22(33)23(29)34)30-24(35)21-19-17(28(19,6)7)14-32(21)25(36)20(16-11-9-8-10-12-16)31-26(37)38-27(3,4)5/h15-21H,8-14H2,1-7H3,(H2,29,34)(H,30,35)(H,31,37)/t17?,18?,19?,20-,21-/m0/s1. The number of likely N-dealkylation sites (tertiary alicyclic amines) is 1. The van der Waals surface area contributed by atoms with E-state index in [1.165, 1.54) is 0 Å². The summed E-state index contributed by atoms with van der Waals surface area (Å²) in [6.07, 6.45) is 4.24. The van der Waals surface area contributed by atoms with Crippen LogP contribution >= 0.6 is 0 Å². The predicted octanol–water partition coefficient (Wildman–Crippen LogP) is 2.53. The maximum absolute atomic E-state index is 14.1. The summed E-state index contributed by atoms with van der Waals surface area (Å²) in [4.78, 5) is 66.2. The van der Waals surface area contributed by atoms with E-state index in [4.69, 9.17) is 10.5 Å². The predicted molar refractivity (Wildman–Crippen MR) is 142 cm³/mol. The first-order valence-corrected chi connectivity index (χ1v) is 14.0. The molecule has 3 aliphatic rings. The molecule has 0 radical (unpaired) electrons. The van der Waals surface area contributed by atoms with Gasteiger partial charge in [0.05, 0.1) is 6.04 Å². The number of ether oxygens (including phenoxy) is 1. The molecule has 0 aromatic heterocycles. The average molecular weight is 535 g/mol. The molecule has 5 atom stereocenters. The molecule has 4 amide bonds. The van der Waals surface area contributed by atoms with Gasteiger partial charge in [-0.15, -0.1) is 0 Å². The summed E-state index contributed by atoms with van der Waals surface area (Å²) >= 11 is 0. The number of alkyl carbamates (subject to hydrolysis) is 1. The Labute approximate surface area is 226 Å². The van der Waals surface area contributed by atoms with Crippen LogP contribution in [0.1, 0.15) is 87.0 Å². The maximum Gasteiger partial charge on any atom is 0.408 e. The first kappa shape index (κ1) is 29.9. The summed E-state index contributed by atoms with van der Waals surface area (Å²) in [7, 11) is 0. The zero-order valence-electron chi connectivity index (χ0n) is 24.0. The van der Waals surface area contributed by atoms with Crippen molar-refractivity contribution < 1.29 is 28.7 Å². The smallest absolute Gasteiger partial charge is 0.408 e. The Morgan fingerprint density at radius 1 is 1.03 bits per heavy atom. The number of carbonyl (C=O) groups excluding carboxylic acids is 5. The summed E-state index contributed by atoms with van der Waals surface area (Å²) < 4.78 is 5.47. The summed E-state index contributed by atoms with van der Waals surface area (Å²) in [5.74, 6) is -2.68. The topological polar surface area (TPSA) is 148 Å². The average Bonchev–Trinajstić information content (AvgIpc) is 3.14. The fourth-order valence-electron chi connectivity index (χ4n) is 6.41. The van der Waals surface area contributed by atoms with Gasteiger partial charge in [0, 0.05) is 6.54 Å². The molecule has 3 fully saturated rings. The second-order valence-corrected chi connectivity index (χ2v) is 13.3. The molecular weight excluding hydrogens is 488 g/mol. The third-order valence-corrected chi connectivity index (χ3v) is 8.40. The molecule has 1 saturated heterocycles. The number of hydrogen-bond acceptors (Lipinski definition) is 6. The van der Waals surface area contributed by atoms with Crippen molar-refractivity contribution in [2.45, 2.75) is 111 Å². The molecule has 0 bridgehead atoms. The van der Waals surface area contributed by atoms with Crippen molar-refractivity contribution in [3.8, 4) is 0 Å². The lowest BCUT2D eigenvalue weighted by Crippen LogP contribution is -2.59. The molecule has 10 heteroatoms. The van der Waals surface area contributed by atoms with Crippen LogP contribution in [0.2, 0.25) is 0 Å². The number of hydrogen-bond donors (Lipinski definition) is 3. The van der Waals surface area contributed by atoms with E-state index < -0.39 is 47.4 Å².